The fourth-order valence-electron chi connectivity index (χ4n) is 2.37. The Morgan fingerprint density at radius 2 is 1.74 bits per heavy atom. The van der Waals surface area contributed by atoms with Crippen LogP contribution < -0.4 is 0 Å². The first-order valence-corrected chi connectivity index (χ1v) is 6.64. The Kier molecular flexibility index (Phi) is 2.70. The van der Waals surface area contributed by atoms with Crippen LogP contribution >= 0.6 is 0 Å². The molecule has 3 aromatic rings. The van der Waals surface area contributed by atoms with Gasteiger partial charge >= 0.3 is 5.97 Å². The molecule has 1 aliphatic rings. The molecule has 0 saturated carbocycles. The molecule has 8 nitrogen and oxygen atoms in total. The minimum Gasteiger partial charge on any atom is -0.324 e. The summed E-state index contributed by atoms with van der Waals surface area (Å²) in [5.74, 6) is -2.20. The number of hydrogen-bond acceptors (Lipinski definition) is 6. The first-order chi connectivity index (χ1) is 11.2. The van der Waals surface area contributed by atoms with Gasteiger partial charge in [-0.25, -0.2) is 9.31 Å². The fourth-order valence-corrected chi connectivity index (χ4v) is 2.37. The van der Waals surface area contributed by atoms with Gasteiger partial charge in [0.1, 0.15) is 5.56 Å². The molecule has 1 aromatic carbocycles. The molecule has 4 rings (SSSR count). The highest BCUT2D eigenvalue weighted by molar-refractivity contribution is 6.21. The molecule has 112 valence electrons. The normalized spacial score (nSPS) is 13.5. The quantitative estimate of drug-likeness (QED) is 0.658. The smallest absolute Gasteiger partial charge is 0.324 e. The van der Waals surface area contributed by atoms with Gasteiger partial charge < -0.3 is 4.84 Å². The third-order valence-electron chi connectivity index (χ3n) is 3.48. The molecule has 2 amide bonds. The Balaban J connectivity index is 1.65. The van der Waals surface area contributed by atoms with E-state index in [4.69, 9.17) is 4.84 Å². The van der Waals surface area contributed by atoms with E-state index in [9.17, 15) is 14.4 Å². The molecule has 0 saturated heterocycles. The van der Waals surface area contributed by atoms with Crippen molar-refractivity contribution in [2.45, 2.75) is 0 Å². The van der Waals surface area contributed by atoms with Gasteiger partial charge in [-0.15, -0.1) is 0 Å². The molecule has 0 fully saturated rings. The maximum atomic E-state index is 12.3. The van der Waals surface area contributed by atoms with Crippen molar-refractivity contribution in [2.24, 2.45) is 0 Å². The summed E-state index contributed by atoms with van der Waals surface area (Å²) in [6.45, 7) is 0. The van der Waals surface area contributed by atoms with Gasteiger partial charge in [-0.05, 0) is 12.1 Å². The number of rotatable bonds is 2. The van der Waals surface area contributed by atoms with Crippen LogP contribution in [0.3, 0.4) is 0 Å². The second-order valence-corrected chi connectivity index (χ2v) is 4.79. The van der Waals surface area contributed by atoms with Crippen molar-refractivity contribution in [1.82, 2.24) is 19.7 Å². The van der Waals surface area contributed by atoms with Crippen LogP contribution in [-0.2, 0) is 4.84 Å². The van der Waals surface area contributed by atoms with E-state index in [1.807, 2.05) is 0 Å². The molecular formula is C15H8N4O4. The Hall–Kier alpha value is -3.55. The zero-order valence-electron chi connectivity index (χ0n) is 11.5. The molecule has 0 N–H and O–H groups in total. The average molecular weight is 308 g/mol. The molecule has 0 aliphatic carbocycles. The molecule has 3 heterocycles. The van der Waals surface area contributed by atoms with Crippen molar-refractivity contribution in [3.8, 4) is 0 Å². The number of amides is 2. The summed E-state index contributed by atoms with van der Waals surface area (Å²) < 4.78 is 1.44. The highest BCUT2D eigenvalue weighted by atomic mass is 16.7. The molecule has 0 bridgehead atoms. The van der Waals surface area contributed by atoms with Gasteiger partial charge in [0.2, 0.25) is 0 Å². The number of fused-ring (bicyclic) bond motifs is 2. The number of nitrogens with zero attached hydrogens (tertiary/aromatic N) is 4. The number of imide groups is 1. The topological polar surface area (TPSA) is 93.9 Å². The third kappa shape index (κ3) is 1.89. The Bertz CT molecular complexity index is 943. The summed E-state index contributed by atoms with van der Waals surface area (Å²) in [7, 11) is 0. The summed E-state index contributed by atoms with van der Waals surface area (Å²) in [6, 6.07) is 6.27. The van der Waals surface area contributed by atoms with E-state index >= 15 is 0 Å². The number of aromatic nitrogens is 3. The van der Waals surface area contributed by atoms with Crippen molar-refractivity contribution in [3.63, 3.8) is 0 Å². The zero-order valence-corrected chi connectivity index (χ0v) is 11.5. The molecule has 0 radical (unpaired) electrons. The van der Waals surface area contributed by atoms with E-state index in [1.54, 1.807) is 18.3 Å². The van der Waals surface area contributed by atoms with Crippen LogP contribution in [0.15, 0.2) is 49.1 Å². The first kappa shape index (κ1) is 13.1. The van der Waals surface area contributed by atoms with Gasteiger partial charge in [0.05, 0.1) is 29.0 Å². The van der Waals surface area contributed by atoms with Gasteiger partial charge in [0.15, 0.2) is 0 Å². The third-order valence-corrected chi connectivity index (χ3v) is 3.48. The van der Waals surface area contributed by atoms with E-state index in [0.29, 0.717) is 10.6 Å². The molecule has 0 spiro atoms. The second kappa shape index (κ2) is 4.73. The fraction of sp³-hybridized carbons (Fsp3) is 0. The largest absolute Gasteiger partial charge is 0.367 e. The van der Waals surface area contributed by atoms with Crippen molar-refractivity contribution < 1.29 is 19.2 Å². The van der Waals surface area contributed by atoms with Gasteiger partial charge in [0, 0.05) is 12.4 Å². The SMILES string of the molecule is O=C(ON1C(=O)c2ccccc2C1=O)c1cnn2ccncc12. The molecule has 1 aliphatic heterocycles. The number of hydrogen-bond donors (Lipinski definition) is 0. The van der Waals surface area contributed by atoms with Crippen LogP contribution in [0.4, 0.5) is 0 Å². The lowest BCUT2D eigenvalue weighted by molar-refractivity contribution is -0.0583. The Morgan fingerprint density at radius 3 is 2.43 bits per heavy atom. The van der Waals surface area contributed by atoms with E-state index in [1.165, 1.54) is 35.2 Å². The van der Waals surface area contributed by atoms with Crippen LogP contribution in [0.25, 0.3) is 5.52 Å². The second-order valence-electron chi connectivity index (χ2n) is 4.79. The van der Waals surface area contributed by atoms with E-state index in [0.717, 1.165) is 0 Å². The highest BCUT2D eigenvalue weighted by Gasteiger charge is 2.39. The lowest BCUT2D eigenvalue weighted by Crippen LogP contribution is -2.32. The maximum Gasteiger partial charge on any atom is 0.367 e. The lowest BCUT2D eigenvalue weighted by Gasteiger charge is -2.11. The van der Waals surface area contributed by atoms with E-state index in [-0.39, 0.29) is 16.7 Å². The molecule has 0 unspecified atom stereocenters. The predicted octanol–water partition coefficient (Wildman–Crippen LogP) is 1.10. The standard InChI is InChI=1S/C15H8N4O4/c20-13-9-3-1-2-4-10(9)14(21)19(13)23-15(22)11-7-17-18-6-5-16-8-12(11)18/h1-8H. The van der Waals surface area contributed by atoms with Crippen molar-refractivity contribution in [1.29, 1.82) is 0 Å². The summed E-state index contributed by atoms with van der Waals surface area (Å²) in [6.07, 6.45) is 5.80. The molecule has 2 aromatic heterocycles. The van der Waals surface area contributed by atoms with Crippen LogP contribution in [0, 0.1) is 0 Å². The van der Waals surface area contributed by atoms with Crippen molar-refractivity contribution in [2.75, 3.05) is 0 Å². The highest BCUT2D eigenvalue weighted by Crippen LogP contribution is 2.23. The van der Waals surface area contributed by atoms with Gasteiger partial charge in [-0.3, -0.25) is 14.6 Å². The molecule has 8 heteroatoms. The number of benzene rings is 1. The van der Waals surface area contributed by atoms with Crippen LogP contribution in [0.1, 0.15) is 31.1 Å². The number of carbonyl (C=O) groups excluding carboxylic acids is 3. The Morgan fingerprint density at radius 1 is 1.04 bits per heavy atom. The molecular weight excluding hydrogens is 300 g/mol. The summed E-state index contributed by atoms with van der Waals surface area (Å²) in [5.41, 5.74) is 0.919. The maximum absolute atomic E-state index is 12.3. The van der Waals surface area contributed by atoms with E-state index < -0.39 is 17.8 Å². The van der Waals surface area contributed by atoms with Crippen molar-refractivity contribution in [3.05, 3.63) is 65.7 Å². The van der Waals surface area contributed by atoms with Crippen LogP contribution in [0.2, 0.25) is 0 Å². The lowest BCUT2D eigenvalue weighted by atomic mass is 10.1. The summed E-state index contributed by atoms with van der Waals surface area (Å²) in [4.78, 5) is 45.5. The average Bonchev–Trinajstić information content (AvgIpc) is 3.11. The Labute approximate surface area is 128 Å². The van der Waals surface area contributed by atoms with Gasteiger partial charge in [-0.2, -0.15) is 5.10 Å². The molecule has 0 atom stereocenters. The minimum atomic E-state index is -0.859. The minimum absolute atomic E-state index is 0.106. The van der Waals surface area contributed by atoms with Crippen LogP contribution in [-0.4, -0.2) is 37.4 Å². The predicted molar refractivity (Wildman–Crippen MR) is 75.3 cm³/mol. The van der Waals surface area contributed by atoms with Crippen LogP contribution in [0.5, 0.6) is 0 Å². The summed E-state index contributed by atoms with van der Waals surface area (Å²) >= 11 is 0. The van der Waals surface area contributed by atoms with Crippen molar-refractivity contribution >= 4 is 23.3 Å². The molecule has 23 heavy (non-hydrogen) atoms. The number of carbonyl (C=O) groups is 3. The first-order valence-electron chi connectivity index (χ1n) is 6.64. The van der Waals surface area contributed by atoms with Gasteiger partial charge in [-0.1, -0.05) is 17.2 Å². The monoisotopic (exact) mass is 308 g/mol. The zero-order chi connectivity index (χ0) is 16.0. The van der Waals surface area contributed by atoms with Gasteiger partial charge in [0.25, 0.3) is 11.8 Å². The summed E-state index contributed by atoms with van der Waals surface area (Å²) in [5, 5.41) is 4.44. The van der Waals surface area contributed by atoms with E-state index in [2.05, 4.69) is 10.1 Å². The number of hydroxylamine groups is 2.